The highest BCUT2D eigenvalue weighted by molar-refractivity contribution is 7.89. The second-order valence-electron chi connectivity index (χ2n) is 20.2. The molecule has 3 saturated carbocycles. The molecular formula is C46H75NO7S. The topological polar surface area (TPSA) is 100 Å². The first kappa shape index (κ1) is 44.3. The second-order valence-corrected chi connectivity index (χ2v) is 21.9. The van der Waals surface area contributed by atoms with E-state index in [1.807, 2.05) is 19.9 Å². The Morgan fingerprint density at radius 1 is 0.982 bits per heavy atom. The zero-order chi connectivity index (χ0) is 40.8. The van der Waals surface area contributed by atoms with Crippen LogP contribution >= 0.6 is 0 Å². The summed E-state index contributed by atoms with van der Waals surface area (Å²) in [5, 5.41) is 0. The lowest BCUT2D eigenvalue weighted by Gasteiger charge is -2.70. The fourth-order valence-corrected chi connectivity index (χ4v) is 14.1. The van der Waals surface area contributed by atoms with Gasteiger partial charge in [-0.1, -0.05) is 98.6 Å². The number of benzene rings is 1. The molecule has 312 valence electrons. The number of unbranched alkanes of at least 4 members (excludes halogenated alkanes) is 1. The highest BCUT2D eigenvalue weighted by atomic mass is 32.2. The number of hydrogen-bond acceptors (Lipinski definition) is 7. The van der Waals surface area contributed by atoms with E-state index in [1.54, 1.807) is 38.5 Å². The van der Waals surface area contributed by atoms with Gasteiger partial charge in [-0.25, -0.2) is 13.1 Å². The zero-order valence-corrected chi connectivity index (χ0v) is 37.4. The maximum absolute atomic E-state index is 14.5. The van der Waals surface area contributed by atoms with Crippen molar-refractivity contribution in [2.75, 3.05) is 34.0 Å². The van der Waals surface area contributed by atoms with Crippen LogP contribution in [0.5, 0.6) is 0 Å². The minimum Gasteiger partial charge on any atom is -0.465 e. The molecule has 4 aliphatic carbocycles. The molecule has 4 aliphatic rings. The lowest BCUT2D eigenvalue weighted by molar-refractivity contribution is -0.228. The van der Waals surface area contributed by atoms with Crippen LogP contribution in [-0.4, -0.2) is 66.2 Å². The normalized spacial score (nSPS) is 38.4. The van der Waals surface area contributed by atoms with Gasteiger partial charge in [-0.05, 0) is 116 Å². The number of esters is 1. The molecule has 5 rings (SSSR count). The molecule has 9 heteroatoms. The Bertz CT molecular complexity index is 1640. The Morgan fingerprint density at radius 3 is 2.25 bits per heavy atom. The fourth-order valence-electron chi connectivity index (χ4n) is 12.7. The van der Waals surface area contributed by atoms with E-state index >= 15 is 0 Å². The number of nitrogens with one attached hydrogen (secondary N) is 1. The highest BCUT2D eigenvalue weighted by Gasteiger charge is 2.70. The largest absolute Gasteiger partial charge is 0.465 e. The molecule has 55 heavy (non-hydrogen) atoms. The number of hydrogen-bond donors (Lipinski definition) is 1. The summed E-state index contributed by atoms with van der Waals surface area (Å²) in [5.74, 6) is 1.25. The third-order valence-electron chi connectivity index (χ3n) is 16.1. The summed E-state index contributed by atoms with van der Waals surface area (Å²) in [6.07, 6.45) is 9.70. The van der Waals surface area contributed by atoms with Gasteiger partial charge in [0.15, 0.2) is 0 Å². The molecule has 1 N–H and O–H groups in total. The molecule has 3 fully saturated rings. The van der Waals surface area contributed by atoms with E-state index in [9.17, 15) is 13.2 Å². The van der Waals surface area contributed by atoms with Crippen LogP contribution in [0.25, 0.3) is 0 Å². The molecular weight excluding hydrogens is 711 g/mol. The maximum Gasteiger partial charge on any atom is 0.310 e. The van der Waals surface area contributed by atoms with Crippen LogP contribution < -0.4 is 4.72 Å². The Hall–Kier alpha value is -1.78. The van der Waals surface area contributed by atoms with Gasteiger partial charge < -0.3 is 18.9 Å². The van der Waals surface area contributed by atoms with Crippen molar-refractivity contribution in [1.82, 2.24) is 4.72 Å². The molecule has 8 nitrogen and oxygen atoms in total. The van der Waals surface area contributed by atoms with E-state index in [-0.39, 0.29) is 63.2 Å². The first-order valence-electron chi connectivity index (χ1n) is 21.2. The third kappa shape index (κ3) is 7.65. The first-order chi connectivity index (χ1) is 25.6. The maximum atomic E-state index is 14.5. The van der Waals surface area contributed by atoms with Crippen molar-refractivity contribution in [3.05, 3.63) is 42.0 Å². The van der Waals surface area contributed by atoms with Crippen molar-refractivity contribution in [1.29, 1.82) is 0 Å². The van der Waals surface area contributed by atoms with Crippen LogP contribution in [0.1, 0.15) is 128 Å². The van der Waals surface area contributed by atoms with Crippen LogP contribution in [0, 0.1) is 56.7 Å². The van der Waals surface area contributed by atoms with E-state index in [1.165, 1.54) is 5.57 Å². The molecule has 11 atom stereocenters. The van der Waals surface area contributed by atoms with E-state index in [0.29, 0.717) is 31.0 Å². The molecule has 1 aromatic rings. The predicted molar refractivity (Wildman–Crippen MR) is 220 cm³/mol. The quantitative estimate of drug-likeness (QED) is 0.107. The van der Waals surface area contributed by atoms with Crippen LogP contribution in [0.3, 0.4) is 0 Å². The number of carbonyl (C=O) groups is 1. The van der Waals surface area contributed by atoms with E-state index in [0.717, 1.165) is 51.4 Å². The molecule has 0 radical (unpaired) electrons. The van der Waals surface area contributed by atoms with Gasteiger partial charge in [0.2, 0.25) is 10.0 Å². The number of fused-ring (bicyclic) bond motifs is 5. The van der Waals surface area contributed by atoms with E-state index < -0.39 is 21.0 Å². The van der Waals surface area contributed by atoms with Crippen molar-refractivity contribution in [3.63, 3.8) is 0 Å². The number of rotatable bonds is 15. The number of carbonyl (C=O) groups excluding carboxylic acids is 1. The van der Waals surface area contributed by atoms with Crippen molar-refractivity contribution in [3.8, 4) is 0 Å². The Morgan fingerprint density at radius 2 is 1.65 bits per heavy atom. The van der Waals surface area contributed by atoms with Crippen molar-refractivity contribution < 1.29 is 32.2 Å². The van der Waals surface area contributed by atoms with Gasteiger partial charge in [-0.2, -0.15) is 0 Å². The van der Waals surface area contributed by atoms with E-state index in [2.05, 4.69) is 73.1 Å². The molecule has 1 aromatic carbocycles. The van der Waals surface area contributed by atoms with Gasteiger partial charge in [0.25, 0.3) is 0 Å². The Kier molecular flexibility index (Phi) is 13.0. The minimum absolute atomic E-state index is 0.00683. The minimum atomic E-state index is -3.75. The fraction of sp³-hybridized carbons (Fsp3) is 0.804. The smallest absolute Gasteiger partial charge is 0.310 e. The second kappa shape index (κ2) is 16.1. The number of ether oxygens (including phenoxy) is 4. The molecule has 0 amide bonds. The molecule has 0 heterocycles. The van der Waals surface area contributed by atoms with Gasteiger partial charge in [-0.3, -0.25) is 4.79 Å². The molecule has 0 saturated heterocycles. The zero-order valence-electron chi connectivity index (χ0n) is 36.5. The van der Waals surface area contributed by atoms with Gasteiger partial charge in [0, 0.05) is 19.6 Å². The van der Waals surface area contributed by atoms with Crippen molar-refractivity contribution >= 4 is 16.0 Å². The molecule has 0 bridgehead atoms. The van der Waals surface area contributed by atoms with Crippen molar-refractivity contribution in [2.24, 2.45) is 56.7 Å². The van der Waals surface area contributed by atoms with Crippen LogP contribution in [-0.2, 0) is 33.8 Å². The summed E-state index contributed by atoms with van der Waals surface area (Å²) in [4.78, 5) is 14.7. The number of allylic oxidation sites excluding steroid dienone is 2. The summed E-state index contributed by atoms with van der Waals surface area (Å²) in [6, 6.07) is 8.48. The number of sulfonamides is 1. The Balaban J connectivity index is 1.49. The van der Waals surface area contributed by atoms with Crippen LogP contribution in [0.2, 0.25) is 0 Å². The lowest BCUT2D eigenvalue weighted by Crippen LogP contribution is -2.67. The van der Waals surface area contributed by atoms with Gasteiger partial charge >= 0.3 is 5.97 Å². The summed E-state index contributed by atoms with van der Waals surface area (Å²) >= 11 is 0. The monoisotopic (exact) mass is 786 g/mol. The third-order valence-corrected chi connectivity index (χ3v) is 17.8. The Labute approximate surface area is 334 Å². The molecule has 1 unspecified atom stereocenters. The summed E-state index contributed by atoms with van der Waals surface area (Å²) in [5.41, 5.74) is -0.415. The van der Waals surface area contributed by atoms with Gasteiger partial charge in [-0.15, -0.1) is 0 Å². The first-order valence-corrected chi connectivity index (χ1v) is 22.7. The molecule has 0 aromatic heterocycles. The standard InChI is InChI=1S/C46H75NO7S/c1-14-15-27-53-40(48)38-42(7,32(4)31(2)3)25-26-45(10)35-21-22-37-43(8,34(35)23-24-46(38,45)11)28-36(52-13)39(44(37,9)30-51-12)54-29-41(5,6)47-55(49,50)33-19-17-16-18-20-33/h16-20,23,31-32,35-39,47H,14-15,21-22,24-30H2,1-13H3/t32-,35+,36-,37-,38-,39+,42-,43-,44?,45-,46+/m1/s1. The van der Waals surface area contributed by atoms with Crippen LogP contribution in [0.15, 0.2) is 46.9 Å². The molecule has 0 aliphatic heterocycles. The lowest BCUT2D eigenvalue weighted by atomic mass is 9.34. The summed E-state index contributed by atoms with van der Waals surface area (Å²) in [6.45, 7) is 26.1. The summed E-state index contributed by atoms with van der Waals surface area (Å²) < 4.78 is 55.1. The average Bonchev–Trinajstić information content (AvgIpc) is 3.11. The number of methoxy groups -OCH3 is 2. The van der Waals surface area contributed by atoms with Gasteiger partial charge in [0.05, 0.1) is 48.4 Å². The predicted octanol–water partition coefficient (Wildman–Crippen LogP) is 9.63. The SMILES string of the molecule is CCCCOC(=O)[C@@H]1[C@@](C)([C@H](C)C(C)C)CC[C@]2(C)[C@H]3CC[C@H]4C(C)(COC)[C@@H](OCC(C)(C)NS(=O)(=O)c5ccccc5)[C@H](OC)C[C@]4(C)C3=CC[C@@]12C. The average molecular weight is 786 g/mol. The van der Waals surface area contributed by atoms with E-state index in [4.69, 9.17) is 18.9 Å². The van der Waals surface area contributed by atoms with Gasteiger partial charge in [0.1, 0.15) is 0 Å². The summed E-state index contributed by atoms with van der Waals surface area (Å²) in [7, 11) is -0.200. The van der Waals surface area contributed by atoms with Crippen LogP contribution in [0.4, 0.5) is 0 Å². The van der Waals surface area contributed by atoms with Crippen molar-refractivity contribution in [2.45, 2.75) is 150 Å². The highest BCUT2D eigenvalue weighted by Crippen LogP contribution is 2.74. The molecule has 0 spiro atoms.